The molecule has 0 bridgehead atoms. The summed E-state index contributed by atoms with van der Waals surface area (Å²) in [6.07, 6.45) is 1.64. The molecule has 1 aromatic rings. The number of rotatable bonds is 4. The number of nitrogens with two attached hydrogens (primary N) is 1. The average Bonchev–Trinajstić information content (AvgIpc) is 2.79. The van der Waals surface area contributed by atoms with Crippen LogP contribution in [0.3, 0.4) is 0 Å². The lowest BCUT2D eigenvalue weighted by Gasteiger charge is -2.27. The Kier molecular flexibility index (Phi) is 4.22. The van der Waals surface area contributed by atoms with Gasteiger partial charge in [-0.15, -0.1) is 17.9 Å². The summed E-state index contributed by atoms with van der Waals surface area (Å²) < 4.78 is 5.30. The van der Waals surface area contributed by atoms with E-state index in [0.29, 0.717) is 17.1 Å². The number of nitrogens with one attached hydrogen (secondary N) is 1. The van der Waals surface area contributed by atoms with Crippen molar-refractivity contribution in [1.29, 1.82) is 0 Å². The van der Waals surface area contributed by atoms with E-state index in [-0.39, 0.29) is 5.91 Å². The highest BCUT2D eigenvalue weighted by Gasteiger charge is 2.18. The van der Waals surface area contributed by atoms with Gasteiger partial charge in [0.05, 0.1) is 23.9 Å². The van der Waals surface area contributed by atoms with Crippen LogP contribution in [0.5, 0.6) is 0 Å². The van der Waals surface area contributed by atoms with Gasteiger partial charge in [-0.3, -0.25) is 4.79 Å². The summed E-state index contributed by atoms with van der Waals surface area (Å²) in [5, 5.41) is 3.76. The minimum atomic E-state index is -0.142. The molecule has 98 valence electrons. The second-order valence-electron chi connectivity index (χ2n) is 3.97. The Morgan fingerprint density at radius 1 is 1.61 bits per heavy atom. The summed E-state index contributed by atoms with van der Waals surface area (Å²) in [6, 6.07) is 1.86. The molecule has 1 fully saturated rings. The Morgan fingerprint density at radius 3 is 3.00 bits per heavy atom. The lowest BCUT2D eigenvalue weighted by atomic mass is 10.3. The number of thiophene rings is 1. The predicted molar refractivity (Wildman–Crippen MR) is 74.3 cm³/mol. The van der Waals surface area contributed by atoms with E-state index in [9.17, 15) is 4.79 Å². The molecular formula is C12H17N3O2S. The Bertz CT molecular complexity index is 439. The summed E-state index contributed by atoms with van der Waals surface area (Å²) in [4.78, 5) is 14.6. The van der Waals surface area contributed by atoms with Crippen molar-refractivity contribution in [2.45, 2.75) is 0 Å². The number of ether oxygens (including phenoxy) is 1. The van der Waals surface area contributed by atoms with Gasteiger partial charge >= 0.3 is 0 Å². The van der Waals surface area contributed by atoms with Gasteiger partial charge in [0.25, 0.3) is 5.91 Å². The fourth-order valence-corrected chi connectivity index (χ4v) is 2.80. The van der Waals surface area contributed by atoms with Gasteiger partial charge in [-0.2, -0.15) is 0 Å². The van der Waals surface area contributed by atoms with Gasteiger partial charge in [0, 0.05) is 19.6 Å². The second-order valence-corrected chi connectivity index (χ2v) is 5.00. The summed E-state index contributed by atoms with van der Waals surface area (Å²) in [5.74, 6) is -0.142. The Balaban J connectivity index is 2.10. The van der Waals surface area contributed by atoms with E-state index in [1.807, 2.05) is 6.07 Å². The number of nitrogens with zero attached hydrogens (tertiary/aromatic N) is 1. The molecule has 1 aliphatic heterocycles. The van der Waals surface area contributed by atoms with Crippen LogP contribution in [-0.2, 0) is 4.74 Å². The molecule has 1 amide bonds. The fourth-order valence-electron chi connectivity index (χ4n) is 1.75. The zero-order chi connectivity index (χ0) is 13.0. The quantitative estimate of drug-likeness (QED) is 0.801. The minimum absolute atomic E-state index is 0.142. The summed E-state index contributed by atoms with van der Waals surface area (Å²) in [5.41, 5.74) is 6.42. The summed E-state index contributed by atoms with van der Waals surface area (Å²) >= 11 is 1.42. The van der Waals surface area contributed by atoms with Crippen molar-refractivity contribution in [3.63, 3.8) is 0 Å². The smallest absolute Gasteiger partial charge is 0.263 e. The highest BCUT2D eigenvalue weighted by Crippen LogP contribution is 2.32. The van der Waals surface area contributed by atoms with Crippen molar-refractivity contribution in [3.8, 4) is 0 Å². The Hall–Kier alpha value is -1.53. The third-order valence-corrected chi connectivity index (χ3v) is 3.89. The van der Waals surface area contributed by atoms with Gasteiger partial charge in [0.2, 0.25) is 0 Å². The van der Waals surface area contributed by atoms with Crippen LogP contribution in [0, 0.1) is 0 Å². The number of anilines is 2. The van der Waals surface area contributed by atoms with Gasteiger partial charge in [-0.1, -0.05) is 6.08 Å². The van der Waals surface area contributed by atoms with Crippen LogP contribution in [0.25, 0.3) is 0 Å². The maximum Gasteiger partial charge on any atom is 0.263 e. The van der Waals surface area contributed by atoms with Crippen LogP contribution < -0.4 is 16.0 Å². The zero-order valence-electron chi connectivity index (χ0n) is 10.1. The topological polar surface area (TPSA) is 67.6 Å². The van der Waals surface area contributed by atoms with Crippen molar-refractivity contribution in [2.24, 2.45) is 0 Å². The van der Waals surface area contributed by atoms with E-state index in [1.165, 1.54) is 11.3 Å². The normalized spacial score (nSPS) is 15.4. The molecule has 0 radical (unpaired) electrons. The monoisotopic (exact) mass is 267 g/mol. The van der Waals surface area contributed by atoms with Crippen LogP contribution in [-0.4, -0.2) is 38.8 Å². The molecule has 0 aromatic carbocycles. The number of hydrogen-bond donors (Lipinski definition) is 2. The number of amides is 1. The highest BCUT2D eigenvalue weighted by molar-refractivity contribution is 7.18. The number of morpholine rings is 1. The first kappa shape index (κ1) is 12.9. The van der Waals surface area contributed by atoms with Crippen LogP contribution >= 0.6 is 11.3 Å². The highest BCUT2D eigenvalue weighted by atomic mass is 32.1. The molecule has 1 aliphatic rings. The van der Waals surface area contributed by atoms with Crippen LogP contribution in [0.15, 0.2) is 18.7 Å². The van der Waals surface area contributed by atoms with Crippen molar-refractivity contribution in [2.75, 3.05) is 43.5 Å². The van der Waals surface area contributed by atoms with Crippen molar-refractivity contribution < 1.29 is 9.53 Å². The third-order valence-electron chi connectivity index (χ3n) is 2.68. The molecule has 3 N–H and O–H groups in total. The van der Waals surface area contributed by atoms with Gasteiger partial charge in [0.15, 0.2) is 0 Å². The van der Waals surface area contributed by atoms with E-state index < -0.39 is 0 Å². The predicted octanol–water partition coefficient (Wildman–Crippen LogP) is 1.08. The summed E-state index contributed by atoms with van der Waals surface area (Å²) in [7, 11) is 0. The molecule has 6 heteroatoms. The number of carbonyl (C=O) groups excluding carboxylic acids is 1. The van der Waals surface area contributed by atoms with Gasteiger partial charge < -0.3 is 20.7 Å². The van der Waals surface area contributed by atoms with Gasteiger partial charge in [-0.25, -0.2) is 0 Å². The fraction of sp³-hybridized carbons (Fsp3) is 0.417. The Labute approximate surface area is 110 Å². The first-order valence-electron chi connectivity index (χ1n) is 5.83. The number of nitrogen functional groups attached to an aromatic ring is 1. The molecule has 5 nitrogen and oxygen atoms in total. The molecule has 0 unspecified atom stereocenters. The molecule has 0 spiro atoms. The van der Waals surface area contributed by atoms with E-state index in [0.717, 1.165) is 31.3 Å². The minimum Gasteiger partial charge on any atom is -0.397 e. The molecule has 2 rings (SSSR count). The third kappa shape index (κ3) is 2.83. The van der Waals surface area contributed by atoms with E-state index in [1.54, 1.807) is 6.08 Å². The molecule has 2 heterocycles. The molecule has 0 saturated carbocycles. The lowest BCUT2D eigenvalue weighted by molar-refractivity contribution is 0.0963. The van der Waals surface area contributed by atoms with Crippen molar-refractivity contribution in [3.05, 3.63) is 23.6 Å². The van der Waals surface area contributed by atoms with Crippen LogP contribution in [0.2, 0.25) is 0 Å². The van der Waals surface area contributed by atoms with Gasteiger partial charge in [-0.05, 0) is 6.07 Å². The summed E-state index contributed by atoms with van der Waals surface area (Å²) in [6.45, 7) is 7.13. The molecule has 0 aliphatic carbocycles. The zero-order valence-corrected chi connectivity index (χ0v) is 11.0. The second kappa shape index (κ2) is 5.88. The van der Waals surface area contributed by atoms with Gasteiger partial charge in [0.1, 0.15) is 4.88 Å². The molecule has 0 atom stereocenters. The van der Waals surface area contributed by atoms with Crippen LogP contribution in [0.1, 0.15) is 9.67 Å². The average molecular weight is 267 g/mol. The maximum atomic E-state index is 11.8. The Morgan fingerprint density at radius 2 is 2.33 bits per heavy atom. The SMILES string of the molecule is C=CCNC(=O)c1sc(N2CCOCC2)cc1N. The largest absolute Gasteiger partial charge is 0.397 e. The maximum absolute atomic E-state index is 11.8. The van der Waals surface area contributed by atoms with Crippen LogP contribution in [0.4, 0.5) is 10.7 Å². The molecule has 18 heavy (non-hydrogen) atoms. The first-order chi connectivity index (χ1) is 8.72. The molecule has 1 aromatic heterocycles. The van der Waals surface area contributed by atoms with E-state index in [4.69, 9.17) is 10.5 Å². The standard InChI is InChI=1S/C12H17N3O2S/c1-2-3-14-12(16)11-9(13)8-10(18-11)15-4-6-17-7-5-15/h2,8H,1,3-7,13H2,(H,14,16). The molecular weight excluding hydrogens is 250 g/mol. The van der Waals surface area contributed by atoms with E-state index >= 15 is 0 Å². The van der Waals surface area contributed by atoms with E-state index in [2.05, 4.69) is 16.8 Å². The number of carbonyl (C=O) groups is 1. The molecule has 1 saturated heterocycles. The number of hydrogen-bond acceptors (Lipinski definition) is 5. The van der Waals surface area contributed by atoms with Crippen molar-refractivity contribution >= 4 is 27.9 Å². The van der Waals surface area contributed by atoms with Crippen molar-refractivity contribution in [1.82, 2.24) is 5.32 Å². The first-order valence-corrected chi connectivity index (χ1v) is 6.65. The lowest BCUT2D eigenvalue weighted by Crippen LogP contribution is -2.35.